The van der Waals surface area contributed by atoms with Gasteiger partial charge in [-0.1, -0.05) is 13.8 Å². The SMILES string of the molecule is CC(C)C(CNC(=O)CN(C)C)C(=O)O. The summed E-state index contributed by atoms with van der Waals surface area (Å²) in [6.07, 6.45) is 0. The second-order valence-electron chi connectivity index (χ2n) is 4.23. The highest BCUT2D eigenvalue weighted by Gasteiger charge is 2.21. The van der Waals surface area contributed by atoms with E-state index in [1.807, 2.05) is 13.8 Å². The number of hydrogen-bond donors (Lipinski definition) is 2. The number of carboxylic acids is 1. The standard InChI is InChI=1S/C10H20N2O3/c1-7(2)8(10(14)15)5-11-9(13)6-12(3)4/h7-8H,5-6H2,1-4H3,(H,11,13)(H,14,15). The molecule has 0 aliphatic rings. The number of likely N-dealkylation sites (N-methyl/N-ethyl adjacent to an activating group) is 1. The fraction of sp³-hybridized carbons (Fsp3) is 0.800. The first-order chi connectivity index (χ1) is 6.84. The van der Waals surface area contributed by atoms with Gasteiger partial charge in [0.15, 0.2) is 0 Å². The monoisotopic (exact) mass is 216 g/mol. The molecule has 0 bridgehead atoms. The van der Waals surface area contributed by atoms with E-state index in [1.165, 1.54) is 0 Å². The largest absolute Gasteiger partial charge is 0.481 e. The summed E-state index contributed by atoms with van der Waals surface area (Å²) in [7, 11) is 3.58. The molecule has 0 spiro atoms. The van der Waals surface area contributed by atoms with Crippen LogP contribution < -0.4 is 5.32 Å². The molecular weight excluding hydrogens is 196 g/mol. The maximum Gasteiger partial charge on any atom is 0.308 e. The van der Waals surface area contributed by atoms with E-state index in [2.05, 4.69) is 5.32 Å². The van der Waals surface area contributed by atoms with Crippen LogP contribution in [-0.2, 0) is 9.59 Å². The second kappa shape index (κ2) is 6.40. The molecule has 5 heteroatoms. The minimum atomic E-state index is -0.866. The van der Waals surface area contributed by atoms with Gasteiger partial charge in [0, 0.05) is 6.54 Å². The molecule has 15 heavy (non-hydrogen) atoms. The van der Waals surface area contributed by atoms with E-state index in [9.17, 15) is 9.59 Å². The Morgan fingerprint density at radius 3 is 2.20 bits per heavy atom. The first-order valence-electron chi connectivity index (χ1n) is 4.98. The quantitative estimate of drug-likeness (QED) is 0.657. The molecule has 2 N–H and O–H groups in total. The minimum absolute atomic E-state index is 0.0159. The number of carbonyl (C=O) groups excluding carboxylic acids is 1. The molecule has 0 aliphatic heterocycles. The van der Waals surface area contributed by atoms with Crippen LogP contribution in [0.15, 0.2) is 0 Å². The predicted octanol–water partition coefficient (Wildman–Crippen LogP) is 0.0210. The maximum atomic E-state index is 11.3. The summed E-state index contributed by atoms with van der Waals surface area (Å²) < 4.78 is 0. The molecule has 1 atom stereocenters. The predicted molar refractivity (Wildman–Crippen MR) is 57.5 cm³/mol. The van der Waals surface area contributed by atoms with E-state index in [-0.39, 0.29) is 24.9 Å². The molecule has 1 unspecified atom stereocenters. The molecule has 88 valence electrons. The Labute approximate surface area is 90.5 Å². The number of amides is 1. The average Bonchev–Trinajstić information content (AvgIpc) is 2.00. The van der Waals surface area contributed by atoms with Gasteiger partial charge in [-0.25, -0.2) is 0 Å². The number of nitrogens with zero attached hydrogens (tertiary/aromatic N) is 1. The lowest BCUT2D eigenvalue weighted by atomic mass is 9.96. The summed E-state index contributed by atoms with van der Waals surface area (Å²) in [4.78, 5) is 23.8. The van der Waals surface area contributed by atoms with Crippen molar-refractivity contribution in [2.24, 2.45) is 11.8 Å². The van der Waals surface area contributed by atoms with Gasteiger partial charge < -0.3 is 15.3 Å². The molecule has 0 saturated carbocycles. The lowest BCUT2D eigenvalue weighted by Crippen LogP contribution is -2.39. The molecular formula is C10H20N2O3. The molecule has 5 nitrogen and oxygen atoms in total. The maximum absolute atomic E-state index is 11.3. The van der Waals surface area contributed by atoms with Crippen LogP contribution in [0.4, 0.5) is 0 Å². The van der Waals surface area contributed by atoms with Crippen LogP contribution in [0.3, 0.4) is 0 Å². The fourth-order valence-electron chi connectivity index (χ4n) is 1.18. The summed E-state index contributed by atoms with van der Waals surface area (Å²) in [5, 5.41) is 11.5. The van der Waals surface area contributed by atoms with Gasteiger partial charge in [-0.2, -0.15) is 0 Å². The van der Waals surface area contributed by atoms with Crippen molar-refractivity contribution in [1.82, 2.24) is 10.2 Å². The number of aliphatic carboxylic acids is 1. The van der Waals surface area contributed by atoms with Crippen LogP contribution in [0.5, 0.6) is 0 Å². The summed E-state index contributed by atoms with van der Waals surface area (Å²) in [5.41, 5.74) is 0. The zero-order chi connectivity index (χ0) is 12.0. The molecule has 1 amide bonds. The summed E-state index contributed by atoms with van der Waals surface area (Å²) in [6, 6.07) is 0. The van der Waals surface area contributed by atoms with E-state index < -0.39 is 11.9 Å². The van der Waals surface area contributed by atoms with Gasteiger partial charge in [0.1, 0.15) is 0 Å². The summed E-state index contributed by atoms with van der Waals surface area (Å²) in [6.45, 7) is 4.14. The highest BCUT2D eigenvalue weighted by Crippen LogP contribution is 2.09. The Bertz CT molecular complexity index is 227. The van der Waals surface area contributed by atoms with Crippen molar-refractivity contribution in [1.29, 1.82) is 0 Å². The van der Waals surface area contributed by atoms with Gasteiger partial charge in [0.25, 0.3) is 0 Å². The van der Waals surface area contributed by atoms with Crippen molar-refractivity contribution in [3.63, 3.8) is 0 Å². The third-order valence-corrected chi connectivity index (χ3v) is 2.10. The van der Waals surface area contributed by atoms with Crippen molar-refractivity contribution < 1.29 is 14.7 Å². The van der Waals surface area contributed by atoms with Crippen LogP contribution in [-0.4, -0.2) is 49.1 Å². The molecule has 0 rings (SSSR count). The average molecular weight is 216 g/mol. The van der Waals surface area contributed by atoms with Crippen molar-refractivity contribution in [2.75, 3.05) is 27.2 Å². The molecule has 0 saturated heterocycles. The summed E-state index contributed by atoms with van der Waals surface area (Å²) >= 11 is 0. The number of rotatable bonds is 6. The van der Waals surface area contributed by atoms with Crippen molar-refractivity contribution in [3.05, 3.63) is 0 Å². The van der Waals surface area contributed by atoms with Crippen LogP contribution in [0, 0.1) is 11.8 Å². The van der Waals surface area contributed by atoms with Crippen molar-refractivity contribution in [2.45, 2.75) is 13.8 Å². The third-order valence-electron chi connectivity index (χ3n) is 2.10. The molecule has 0 fully saturated rings. The van der Waals surface area contributed by atoms with Crippen LogP contribution in [0.25, 0.3) is 0 Å². The molecule has 0 aromatic rings. The Hall–Kier alpha value is -1.10. The Balaban J connectivity index is 4.00. The van der Waals surface area contributed by atoms with E-state index in [4.69, 9.17) is 5.11 Å². The topological polar surface area (TPSA) is 69.6 Å². The van der Waals surface area contributed by atoms with E-state index in [1.54, 1.807) is 19.0 Å². The first-order valence-corrected chi connectivity index (χ1v) is 4.98. The lowest BCUT2D eigenvalue weighted by molar-refractivity contribution is -0.143. The Kier molecular flexibility index (Phi) is 5.93. The van der Waals surface area contributed by atoms with E-state index >= 15 is 0 Å². The van der Waals surface area contributed by atoms with Crippen LogP contribution >= 0.6 is 0 Å². The molecule has 0 aliphatic carbocycles. The van der Waals surface area contributed by atoms with Gasteiger partial charge in [-0.3, -0.25) is 9.59 Å². The van der Waals surface area contributed by atoms with E-state index in [0.717, 1.165) is 0 Å². The van der Waals surface area contributed by atoms with Gasteiger partial charge in [-0.05, 0) is 20.0 Å². The highest BCUT2D eigenvalue weighted by atomic mass is 16.4. The van der Waals surface area contributed by atoms with Gasteiger partial charge in [-0.15, -0.1) is 0 Å². The molecule has 0 radical (unpaired) electrons. The normalized spacial score (nSPS) is 12.9. The second-order valence-corrected chi connectivity index (χ2v) is 4.23. The smallest absolute Gasteiger partial charge is 0.308 e. The van der Waals surface area contributed by atoms with Crippen molar-refractivity contribution in [3.8, 4) is 0 Å². The summed E-state index contributed by atoms with van der Waals surface area (Å²) in [5.74, 6) is -1.51. The van der Waals surface area contributed by atoms with Gasteiger partial charge in [0.2, 0.25) is 5.91 Å². The Morgan fingerprint density at radius 2 is 1.87 bits per heavy atom. The minimum Gasteiger partial charge on any atom is -0.481 e. The molecule has 0 aromatic heterocycles. The zero-order valence-electron chi connectivity index (χ0n) is 9.78. The van der Waals surface area contributed by atoms with Crippen LogP contribution in [0.1, 0.15) is 13.8 Å². The number of carboxylic acid groups (broad SMARTS) is 1. The van der Waals surface area contributed by atoms with Gasteiger partial charge in [0.05, 0.1) is 12.5 Å². The fourth-order valence-corrected chi connectivity index (χ4v) is 1.18. The highest BCUT2D eigenvalue weighted by molar-refractivity contribution is 5.79. The van der Waals surface area contributed by atoms with E-state index in [0.29, 0.717) is 0 Å². The number of carbonyl (C=O) groups is 2. The first kappa shape index (κ1) is 13.9. The number of hydrogen-bond acceptors (Lipinski definition) is 3. The van der Waals surface area contributed by atoms with Crippen molar-refractivity contribution >= 4 is 11.9 Å². The van der Waals surface area contributed by atoms with Gasteiger partial charge >= 0.3 is 5.97 Å². The number of nitrogens with one attached hydrogen (secondary N) is 1. The molecule has 0 aromatic carbocycles. The lowest BCUT2D eigenvalue weighted by Gasteiger charge is -2.17. The third kappa shape index (κ3) is 6.06. The Morgan fingerprint density at radius 1 is 1.33 bits per heavy atom. The molecule has 0 heterocycles. The van der Waals surface area contributed by atoms with Crippen LogP contribution in [0.2, 0.25) is 0 Å². The zero-order valence-corrected chi connectivity index (χ0v) is 9.78.